The first-order valence-electron chi connectivity index (χ1n) is 7.30. The van der Waals surface area contributed by atoms with Gasteiger partial charge < -0.3 is 21.1 Å². The van der Waals surface area contributed by atoms with Crippen LogP contribution < -0.4 is 21.3 Å². The minimum Gasteiger partial charge on any atom is -0.383 e. The van der Waals surface area contributed by atoms with Gasteiger partial charge in [-0.15, -0.1) is 0 Å². The van der Waals surface area contributed by atoms with E-state index in [1.807, 2.05) is 19.1 Å². The first-order valence-corrected chi connectivity index (χ1v) is 7.30. The van der Waals surface area contributed by atoms with E-state index < -0.39 is 6.04 Å². The van der Waals surface area contributed by atoms with Crippen molar-refractivity contribution in [1.29, 1.82) is 0 Å². The topological polar surface area (TPSA) is 96.7 Å². The molecule has 0 spiro atoms. The van der Waals surface area contributed by atoms with E-state index in [0.29, 0.717) is 18.8 Å². The number of anilines is 2. The molecule has 2 rings (SSSR count). The third-order valence-electron chi connectivity index (χ3n) is 3.50. The average molecular weight is 306 g/mol. The number of hydrogen-bond donors (Lipinski definition) is 3. The first kappa shape index (κ1) is 16.3. The summed E-state index contributed by atoms with van der Waals surface area (Å²) in [6.45, 7) is 3.25. The van der Waals surface area contributed by atoms with Crippen LogP contribution in [0.2, 0.25) is 0 Å². The Labute approximate surface area is 129 Å². The summed E-state index contributed by atoms with van der Waals surface area (Å²) in [6, 6.07) is 4.69. The number of carbonyl (C=O) groups is 2. The minimum absolute atomic E-state index is 0.124. The van der Waals surface area contributed by atoms with Crippen LogP contribution in [0.3, 0.4) is 0 Å². The largest absolute Gasteiger partial charge is 0.383 e. The molecule has 3 amide bonds. The molecule has 0 aliphatic carbocycles. The second kappa shape index (κ2) is 7.24. The maximum atomic E-state index is 12.0. The molecule has 7 nitrogen and oxygen atoms in total. The number of carbonyl (C=O) groups excluding carboxylic acids is 2. The van der Waals surface area contributed by atoms with Crippen LogP contribution in [0.1, 0.15) is 12.5 Å². The normalized spacial score (nSPS) is 14.4. The lowest BCUT2D eigenvalue weighted by molar-refractivity contribution is -0.118. The van der Waals surface area contributed by atoms with Gasteiger partial charge in [0.25, 0.3) is 0 Å². The second-order valence-corrected chi connectivity index (χ2v) is 5.13. The Hall–Kier alpha value is -2.12. The molecular weight excluding hydrogens is 284 g/mol. The molecule has 4 N–H and O–H groups in total. The van der Waals surface area contributed by atoms with Crippen molar-refractivity contribution in [3.63, 3.8) is 0 Å². The number of ether oxygens (including phenoxy) is 1. The van der Waals surface area contributed by atoms with Gasteiger partial charge in [-0.2, -0.15) is 0 Å². The summed E-state index contributed by atoms with van der Waals surface area (Å²) in [6.07, 6.45) is 0.809. The van der Waals surface area contributed by atoms with Crippen LogP contribution in [-0.2, 0) is 16.0 Å². The number of amides is 3. The number of nitrogens with one attached hydrogen (secondary N) is 2. The molecule has 0 saturated carbocycles. The molecule has 120 valence electrons. The highest BCUT2D eigenvalue weighted by Gasteiger charge is 2.25. The molecule has 1 atom stereocenters. The molecular formula is C15H22N4O3. The zero-order valence-corrected chi connectivity index (χ0v) is 12.9. The van der Waals surface area contributed by atoms with Gasteiger partial charge in [-0.3, -0.25) is 9.69 Å². The third-order valence-corrected chi connectivity index (χ3v) is 3.50. The summed E-state index contributed by atoms with van der Waals surface area (Å²) in [5.41, 5.74) is 8.22. The molecule has 7 heteroatoms. The smallest absolute Gasteiger partial charge is 0.321 e. The van der Waals surface area contributed by atoms with Gasteiger partial charge in [0, 0.05) is 25.9 Å². The van der Waals surface area contributed by atoms with Crippen LogP contribution in [-0.4, -0.2) is 44.8 Å². The van der Waals surface area contributed by atoms with Crippen LogP contribution in [0, 0.1) is 0 Å². The zero-order chi connectivity index (χ0) is 16.1. The Balaban J connectivity index is 2.12. The number of nitrogens with zero attached hydrogens (tertiary/aromatic N) is 1. The number of nitrogens with two attached hydrogens (primary N) is 1. The van der Waals surface area contributed by atoms with Crippen molar-refractivity contribution in [3.8, 4) is 0 Å². The third kappa shape index (κ3) is 3.55. The van der Waals surface area contributed by atoms with E-state index in [4.69, 9.17) is 10.5 Å². The van der Waals surface area contributed by atoms with Crippen LogP contribution in [0.4, 0.5) is 16.2 Å². The van der Waals surface area contributed by atoms with E-state index in [0.717, 1.165) is 17.7 Å². The standard InChI is InChI=1S/C15H22N4O3/c1-3-17-15(21)19-7-6-10-4-5-11(8-13(10)19)18-14(20)12(16)9-22-2/h4-5,8,12H,3,6-7,9,16H2,1-2H3,(H,17,21)(H,18,20). The summed E-state index contributed by atoms with van der Waals surface area (Å²) < 4.78 is 4.86. The van der Waals surface area contributed by atoms with E-state index >= 15 is 0 Å². The molecule has 1 heterocycles. The van der Waals surface area contributed by atoms with Gasteiger partial charge in [-0.25, -0.2) is 4.79 Å². The van der Waals surface area contributed by atoms with Gasteiger partial charge in [0.15, 0.2) is 0 Å². The summed E-state index contributed by atoms with van der Waals surface area (Å²) >= 11 is 0. The van der Waals surface area contributed by atoms with Gasteiger partial charge in [-0.1, -0.05) is 6.07 Å². The first-order chi connectivity index (χ1) is 10.6. The van der Waals surface area contributed by atoms with E-state index in [2.05, 4.69) is 10.6 Å². The fourth-order valence-electron chi connectivity index (χ4n) is 2.40. The number of hydrogen-bond acceptors (Lipinski definition) is 4. The van der Waals surface area contributed by atoms with Crippen molar-refractivity contribution in [2.24, 2.45) is 5.73 Å². The molecule has 0 bridgehead atoms. The highest BCUT2D eigenvalue weighted by atomic mass is 16.5. The Morgan fingerprint density at radius 2 is 2.23 bits per heavy atom. The summed E-state index contributed by atoms with van der Waals surface area (Å²) in [5.74, 6) is -0.315. The molecule has 1 aliphatic heterocycles. The lowest BCUT2D eigenvalue weighted by Gasteiger charge is -2.18. The fourth-order valence-corrected chi connectivity index (χ4v) is 2.40. The van der Waals surface area contributed by atoms with Gasteiger partial charge in [-0.05, 0) is 31.0 Å². The monoisotopic (exact) mass is 306 g/mol. The van der Waals surface area contributed by atoms with E-state index in [1.54, 1.807) is 11.0 Å². The molecule has 1 aromatic rings. The van der Waals surface area contributed by atoms with Crippen molar-refractivity contribution < 1.29 is 14.3 Å². The SMILES string of the molecule is CCNC(=O)N1CCc2ccc(NC(=O)C(N)COC)cc21. The summed E-state index contributed by atoms with van der Waals surface area (Å²) in [4.78, 5) is 25.6. The quantitative estimate of drug-likeness (QED) is 0.745. The van der Waals surface area contributed by atoms with Crippen LogP contribution in [0.25, 0.3) is 0 Å². The molecule has 1 unspecified atom stereocenters. The zero-order valence-electron chi connectivity index (χ0n) is 12.9. The lowest BCUT2D eigenvalue weighted by atomic mass is 10.1. The van der Waals surface area contributed by atoms with E-state index in [9.17, 15) is 9.59 Å². The van der Waals surface area contributed by atoms with Crippen molar-refractivity contribution in [1.82, 2.24) is 5.32 Å². The number of urea groups is 1. The summed E-state index contributed by atoms with van der Waals surface area (Å²) in [5, 5.41) is 5.53. The highest BCUT2D eigenvalue weighted by Crippen LogP contribution is 2.30. The Bertz CT molecular complexity index is 562. The predicted octanol–water partition coefficient (Wildman–Crippen LogP) is 0.691. The van der Waals surface area contributed by atoms with E-state index in [1.165, 1.54) is 7.11 Å². The Kier molecular flexibility index (Phi) is 5.35. The van der Waals surface area contributed by atoms with Crippen molar-refractivity contribution in [2.45, 2.75) is 19.4 Å². The molecule has 0 fully saturated rings. The number of rotatable bonds is 5. The maximum absolute atomic E-state index is 12.0. The minimum atomic E-state index is -0.724. The summed E-state index contributed by atoms with van der Waals surface area (Å²) in [7, 11) is 1.49. The van der Waals surface area contributed by atoms with Crippen LogP contribution in [0.15, 0.2) is 18.2 Å². The Morgan fingerprint density at radius 3 is 2.91 bits per heavy atom. The Morgan fingerprint density at radius 1 is 1.45 bits per heavy atom. The van der Waals surface area contributed by atoms with Gasteiger partial charge >= 0.3 is 6.03 Å². The second-order valence-electron chi connectivity index (χ2n) is 5.13. The van der Waals surface area contributed by atoms with Crippen molar-refractivity contribution >= 4 is 23.3 Å². The van der Waals surface area contributed by atoms with Gasteiger partial charge in [0.1, 0.15) is 6.04 Å². The highest BCUT2D eigenvalue weighted by molar-refractivity contribution is 5.98. The van der Waals surface area contributed by atoms with Gasteiger partial charge in [0.05, 0.1) is 12.3 Å². The number of methoxy groups -OCH3 is 1. The molecule has 1 aliphatic rings. The molecule has 0 saturated heterocycles. The van der Waals surface area contributed by atoms with Crippen molar-refractivity contribution in [3.05, 3.63) is 23.8 Å². The number of benzene rings is 1. The fraction of sp³-hybridized carbons (Fsp3) is 0.467. The molecule has 0 aromatic heterocycles. The number of fused-ring (bicyclic) bond motifs is 1. The molecule has 1 aromatic carbocycles. The lowest BCUT2D eigenvalue weighted by Crippen LogP contribution is -2.39. The van der Waals surface area contributed by atoms with Gasteiger partial charge in [0.2, 0.25) is 5.91 Å². The van der Waals surface area contributed by atoms with Crippen LogP contribution >= 0.6 is 0 Å². The molecule has 22 heavy (non-hydrogen) atoms. The molecule has 0 radical (unpaired) electrons. The maximum Gasteiger partial charge on any atom is 0.321 e. The van der Waals surface area contributed by atoms with Crippen LogP contribution in [0.5, 0.6) is 0 Å². The predicted molar refractivity (Wildman–Crippen MR) is 85.0 cm³/mol. The average Bonchev–Trinajstić information content (AvgIpc) is 2.91. The van der Waals surface area contributed by atoms with E-state index in [-0.39, 0.29) is 18.5 Å². The van der Waals surface area contributed by atoms with Crippen molar-refractivity contribution in [2.75, 3.05) is 37.0 Å².